The Hall–Kier alpha value is -6.39. The number of pyridine rings is 2. The Morgan fingerprint density at radius 2 is 1.62 bits per heavy atom. The Morgan fingerprint density at radius 1 is 0.869 bits per heavy atom. The maximum absolute atomic E-state index is 13.8. The molecule has 1 unspecified atom stereocenters. The molecular formula is C45H49FN10O5. The summed E-state index contributed by atoms with van der Waals surface area (Å²) in [5.74, 6) is -0.817. The number of aliphatic hydroxyl groups is 1. The van der Waals surface area contributed by atoms with E-state index in [9.17, 15) is 28.7 Å². The SMILES string of the molecule is CC.O=C1CCC(N2Cc3cc(N4CCN(CC5(O)CCN(c6ccc(Nc7ccc(-c8cnc9cc(F)ccn89)c8c7C(=O)NC8)nc6)CC5)CC4)ccc3C2=O)C(=O)N1. The molecule has 5 aliphatic heterocycles. The summed E-state index contributed by atoms with van der Waals surface area (Å²) in [7, 11) is 0. The molecule has 0 bridgehead atoms. The predicted molar refractivity (Wildman–Crippen MR) is 228 cm³/mol. The van der Waals surface area contributed by atoms with Gasteiger partial charge >= 0.3 is 0 Å². The van der Waals surface area contributed by atoms with Crippen LogP contribution >= 0.6 is 0 Å². The Morgan fingerprint density at radius 3 is 2.38 bits per heavy atom. The third-order valence-electron chi connectivity index (χ3n) is 12.5. The van der Waals surface area contributed by atoms with Crippen molar-refractivity contribution in [2.24, 2.45) is 0 Å². The summed E-state index contributed by atoms with van der Waals surface area (Å²) in [6, 6.07) is 15.7. The van der Waals surface area contributed by atoms with Gasteiger partial charge in [-0.05, 0) is 72.9 Å². The lowest BCUT2D eigenvalue weighted by Crippen LogP contribution is -2.55. The summed E-state index contributed by atoms with van der Waals surface area (Å²) >= 11 is 0. The van der Waals surface area contributed by atoms with E-state index in [4.69, 9.17) is 0 Å². The van der Waals surface area contributed by atoms with Gasteiger partial charge in [0.2, 0.25) is 11.8 Å². The minimum absolute atomic E-state index is 0.171. The summed E-state index contributed by atoms with van der Waals surface area (Å²) in [5.41, 5.74) is 6.83. The molecule has 61 heavy (non-hydrogen) atoms. The lowest BCUT2D eigenvalue weighted by molar-refractivity contribution is -0.136. The summed E-state index contributed by atoms with van der Waals surface area (Å²) < 4.78 is 15.6. The van der Waals surface area contributed by atoms with E-state index in [1.165, 1.54) is 12.1 Å². The normalized spacial score (nSPS) is 19.9. The second kappa shape index (κ2) is 16.2. The van der Waals surface area contributed by atoms with Gasteiger partial charge in [-0.2, -0.15) is 0 Å². The van der Waals surface area contributed by atoms with Crippen molar-refractivity contribution in [2.75, 3.05) is 60.9 Å². The number of nitrogens with one attached hydrogen (secondary N) is 3. The summed E-state index contributed by atoms with van der Waals surface area (Å²) in [6.45, 7) is 9.90. The minimum atomic E-state index is -0.798. The highest BCUT2D eigenvalue weighted by molar-refractivity contribution is 6.06. The van der Waals surface area contributed by atoms with Crippen LogP contribution in [0.2, 0.25) is 0 Å². The molecule has 15 nitrogen and oxygen atoms in total. The van der Waals surface area contributed by atoms with E-state index in [1.54, 1.807) is 17.3 Å². The van der Waals surface area contributed by atoms with Crippen molar-refractivity contribution in [1.29, 1.82) is 0 Å². The van der Waals surface area contributed by atoms with E-state index < -0.39 is 17.6 Å². The number of fused-ring (bicyclic) bond motifs is 3. The number of piperidine rings is 2. The van der Waals surface area contributed by atoms with Crippen LogP contribution in [0, 0.1) is 5.82 Å². The number of halogens is 1. The molecule has 0 radical (unpaired) electrons. The van der Waals surface area contributed by atoms with Gasteiger partial charge in [0.1, 0.15) is 23.3 Å². The highest BCUT2D eigenvalue weighted by Gasteiger charge is 2.40. The zero-order valence-electron chi connectivity index (χ0n) is 34.3. The predicted octanol–water partition coefficient (Wildman–Crippen LogP) is 4.46. The van der Waals surface area contributed by atoms with Crippen LogP contribution in [-0.4, -0.2) is 110 Å². The van der Waals surface area contributed by atoms with Gasteiger partial charge in [0.05, 0.1) is 40.6 Å². The van der Waals surface area contributed by atoms with Crippen LogP contribution in [0.1, 0.15) is 71.4 Å². The second-order valence-electron chi connectivity index (χ2n) is 16.2. The van der Waals surface area contributed by atoms with Crippen molar-refractivity contribution >= 4 is 52.2 Å². The smallest absolute Gasteiger partial charge is 0.255 e. The first kappa shape index (κ1) is 40.0. The van der Waals surface area contributed by atoms with Crippen molar-refractivity contribution in [3.63, 3.8) is 0 Å². The van der Waals surface area contributed by atoms with Gasteiger partial charge in [-0.15, -0.1) is 0 Å². The number of piperazine rings is 1. The van der Waals surface area contributed by atoms with Crippen molar-refractivity contribution in [2.45, 2.75) is 64.3 Å². The number of carbonyl (C=O) groups excluding carboxylic acids is 4. The number of aromatic nitrogens is 3. The van der Waals surface area contributed by atoms with E-state index >= 15 is 0 Å². The van der Waals surface area contributed by atoms with Gasteiger partial charge in [0.25, 0.3) is 11.8 Å². The number of benzene rings is 2. The molecule has 3 saturated heterocycles. The zero-order chi connectivity index (χ0) is 42.4. The lowest BCUT2D eigenvalue weighted by atomic mass is 9.90. The third kappa shape index (κ3) is 7.65. The highest BCUT2D eigenvalue weighted by atomic mass is 19.1. The first-order valence-electron chi connectivity index (χ1n) is 21.1. The van der Waals surface area contributed by atoms with Gasteiger partial charge < -0.3 is 30.4 Å². The average molecular weight is 829 g/mol. The van der Waals surface area contributed by atoms with E-state index in [0.717, 1.165) is 59.9 Å². The van der Waals surface area contributed by atoms with E-state index in [1.807, 2.05) is 66.9 Å². The molecule has 316 valence electrons. The standard InChI is InChI=1S/C43H43FN10O5.C2H6/c44-27-9-12-53-35(23-46-37(53)20-27)31-4-5-33(39-32(31)22-47-41(39)57)48-36-7-2-29(21-45-36)51-13-10-43(59,11-14-51)25-50-15-17-52(18-16-50)28-1-3-30-26(19-28)24-54(42(30)58)34-6-8-38(55)49-40(34)56;1-2/h1-5,7,9,12,19-21,23,34,59H,6,8,10-11,13-18,22,24-25H2,(H,45,48)(H,47,57)(H,49,55,56);1-2H3. The molecule has 3 aromatic heterocycles. The van der Waals surface area contributed by atoms with E-state index in [2.05, 4.69) is 40.6 Å². The average Bonchev–Trinajstić information content (AvgIpc) is 3.97. The number of hydrogen-bond donors (Lipinski definition) is 4. The first-order valence-corrected chi connectivity index (χ1v) is 21.1. The summed E-state index contributed by atoms with van der Waals surface area (Å²) in [6.07, 6.45) is 6.97. The first-order chi connectivity index (χ1) is 29.6. The molecule has 8 heterocycles. The Bertz CT molecular complexity index is 2530. The lowest BCUT2D eigenvalue weighted by Gasteiger charge is -2.44. The number of carbonyl (C=O) groups is 4. The quantitative estimate of drug-likeness (QED) is 0.163. The van der Waals surface area contributed by atoms with Crippen LogP contribution in [0.3, 0.4) is 0 Å². The molecule has 3 fully saturated rings. The van der Waals surface area contributed by atoms with Crippen LogP contribution < -0.4 is 25.8 Å². The second-order valence-corrected chi connectivity index (χ2v) is 16.2. The van der Waals surface area contributed by atoms with Crippen LogP contribution in [-0.2, 0) is 22.7 Å². The van der Waals surface area contributed by atoms with Crippen LogP contribution in [0.15, 0.2) is 73.2 Å². The number of nitrogens with zero attached hydrogens (tertiary/aromatic N) is 7. The van der Waals surface area contributed by atoms with Gasteiger partial charge in [-0.3, -0.25) is 33.8 Å². The molecule has 0 spiro atoms. The zero-order valence-corrected chi connectivity index (χ0v) is 34.3. The Balaban J connectivity index is 0.00000235. The monoisotopic (exact) mass is 828 g/mol. The van der Waals surface area contributed by atoms with Crippen LogP contribution in [0.4, 0.5) is 27.3 Å². The highest BCUT2D eigenvalue weighted by Crippen LogP contribution is 2.36. The minimum Gasteiger partial charge on any atom is -0.388 e. The van der Waals surface area contributed by atoms with Crippen LogP contribution in [0.5, 0.6) is 0 Å². The molecule has 0 saturated carbocycles. The maximum Gasteiger partial charge on any atom is 0.255 e. The molecule has 2 aromatic carbocycles. The molecule has 5 aromatic rings. The summed E-state index contributed by atoms with van der Waals surface area (Å²) in [4.78, 5) is 67.8. The number of rotatable bonds is 8. The fourth-order valence-electron chi connectivity index (χ4n) is 9.31. The molecule has 5 aliphatic rings. The van der Waals surface area contributed by atoms with Gasteiger partial charge in [0, 0.05) is 94.4 Å². The van der Waals surface area contributed by atoms with Crippen molar-refractivity contribution in [3.8, 4) is 11.3 Å². The van der Waals surface area contributed by atoms with E-state index in [0.29, 0.717) is 80.3 Å². The summed E-state index contributed by atoms with van der Waals surface area (Å²) in [5, 5.41) is 20.3. The van der Waals surface area contributed by atoms with Gasteiger partial charge in [-0.25, -0.2) is 14.4 Å². The molecule has 1 atom stereocenters. The number of anilines is 4. The molecule has 10 rings (SSSR count). The van der Waals surface area contributed by atoms with Gasteiger partial charge in [0.15, 0.2) is 0 Å². The molecule has 4 N–H and O–H groups in total. The Kier molecular flexibility index (Phi) is 10.7. The van der Waals surface area contributed by atoms with Crippen molar-refractivity contribution in [1.82, 2.24) is 34.8 Å². The van der Waals surface area contributed by atoms with Crippen molar-refractivity contribution in [3.05, 3.63) is 101 Å². The fraction of sp³-hybridized carbons (Fsp3) is 0.378. The van der Waals surface area contributed by atoms with Crippen molar-refractivity contribution < 1.29 is 28.7 Å². The molecular weight excluding hydrogens is 780 g/mol. The molecule has 4 amide bonds. The third-order valence-corrected chi connectivity index (χ3v) is 12.5. The number of imidazole rings is 1. The molecule has 16 heteroatoms. The van der Waals surface area contributed by atoms with Crippen LogP contribution in [0.25, 0.3) is 16.9 Å². The van der Waals surface area contributed by atoms with E-state index in [-0.39, 0.29) is 30.0 Å². The number of amides is 4. The van der Waals surface area contributed by atoms with Gasteiger partial charge in [-0.1, -0.05) is 19.9 Å². The maximum atomic E-state index is 13.8. The topological polar surface area (TPSA) is 168 Å². The number of imide groups is 1. The number of hydrogen-bond acceptors (Lipinski definition) is 11. The Labute approximate surface area is 352 Å². The largest absolute Gasteiger partial charge is 0.388 e. The number of β-amino-alcohol motifs (C(OH)–C–C–N with tert-alkyl or cyclic N) is 1. The fourth-order valence-corrected chi connectivity index (χ4v) is 9.31. The molecule has 0 aliphatic carbocycles.